The number of benzene rings is 1. The topological polar surface area (TPSA) is 91.3 Å². The first kappa shape index (κ1) is 14.5. The zero-order chi connectivity index (χ0) is 14.7. The number of nitrogens with two attached hydrogens (primary N) is 1. The summed E-state index contributed by atoms with van der Waals surface area (Å²) >= 11 is 0. The molecule has 0 aliphatic carbocycles. The number of amidine groups is 1. The maximum Gasteiger partial charge on any atom is 0.172 e. The highest BCUT2D eigenvalue weighted by atomic mass is 16.5. The van der Waals surface area contributed by atoms with Crippen molar-refractivity contribution >= 4 is 11.5 Å². The number of oxime groups is 1. The van der Waals surface area contributed by atoms with Crippen LogP contribution in [0.3, 0.4) is 0 Å². The summed E-state index contributed by atoms with van der Waals surface area (Å²) in [5, 5.41) is 21.7. The van der Waals surface area contributed by atoms with E-state index in [0.717, 1.165) is 30.9 Å². The molecule has 2 atom stereocenters. The second-order valence-electron chi connectivity index (χ2n) is 5.10. The molecule has 1 heterocycles. The van der Waals surface area contributed by atoms with Crippen molar-refractivity contribution in [3.63, 3.8) is 0 Å². The average molecular weight is 279 g/mol. The minimum absolute atomic E-state index is 0.0724. The van der Waals surface area contributed by atoms with Gasteiger partial charge < -0.3 is 25.7 Å². The van der Waals surface area contributed by atoms with Gasteiger partial charge in [0.05, 0.1) is 18.9 Å². The van der Waals surface area contributed by atoms with E-state index in [1.807, 2.05) is 13.0 Å². The molecule has 0 radical (unpaired) electrons. The molecule has 1 fully saturated rings. The van der Waals surface area contributed by atoms with Crippen LogP contribution in [0, 0.1) is 5.92 Å². The molecule has 0 aromatic heterocycles. The number of ether oxygens (including phenoxy) is 1. The molecule has 1 aliphatic rings. The fourth-order valence-electron chi connectivity index (χ4n) is 2.57. The lowest BCUT2D eigenvalue weighted by Gasteiger charge is -2.23. The van der Waals surface area contributed by atoms with Crippen molar-refractivity contribution in [2.24, 2.45) is 16.8 Å². The van der Waals surface area contributed by atoms with E-state index in [0.29, 0.717) is 5.56 Å². The molecule has 1 aliphatic heterocycles. The van der Waals surface area contributed by atoms with Crippen LogP contribution in [-0.4, -0.2) is 42.5 Å². The van der Waals surface area contributed by atoms with Gasteiger partial charge in [-0.05, 0) is 25.5 Å². The number of anilines is 1. The number of nitrogens with zero attached hydrogens (tertiary/aromatic N) is 2. The Morgan fingerprint density at radius 3 is 2.85 bits per heavy atom. The third-order valence-corrected chi connectivity index (χ3v) is 3.84. The second-order valence-corrected chi connectivity index (χ2v) is 5.10. The summed E-state index contributed by atoms with van der Waals surface area (Å²) in [7, 11) is 1.60. The Labute approximate surface area is 118 Å². The summed E-state index contributed by atoms with van der Waals surface area (Å²) < 4.78 is 5.24. The molecule has 6 heteroatoms. The molecule has 1 saturated heterocycles. The molecule has 0 amide bonds. The van der Waals surface area contributed by atoms with Crippen LogP contribution in [0.25, 0.3) is 0 Å². The van der Waals surface area contributed by atoms with Crippen LogP contribution >= 0.6 is 0 Å². The highest BCUT2D eigenvalue weighted by Crippen LogP contribution is 2.31. The predicted molar refractivity (Wildman–Crippen MR) is 77.5 cm³/mol. The van der Waals surface area contributed by atoms with E-state index < -0.39 is 0 Å². The molecule has 1 aromatic rings. The van der Waals surface area contributed by atoms with E-state index in [1.165, 1.54) is 0 Å². The van der Waals surface area contributed by atoms with Gasteiger partial charge in [-0.3, -0.25) is 0 Å². The number of aliphatic hydroxyl groups is 1. The molecule has 110 valence electrons. The van der Waals surface area contributed by atoms with Gasteiger partial charge in [0.25, 0.3) is 0 Å². The third kappa shape index (κ3) is 2.80. The number of hydrogen-bond donors (Lipinski definition) is 3. The minimum Gasteiger partial charge on any atom is -0.497 e. The Bertz CT molecular complexity index is 502. The van der Waals surface area contributed by atoms with Gasteiger partial charge in [0, 0.05) is 30.6 Å². The Hall–Kier alpha value is -1.95. The fraction of sp³-hybridized carbons (Fsp3) is 0.500. The Morgan fingerprint density at radius 1 is 1.55 bits per heavy atom. The van der Waals surface area contributed by atoms with E-state index in [4.69, 9.17) is 15.7 Å². The monoisotopic (exact) mass is 279 g/mol. The molecule has 2 unspecified atom stereocenters. The molecule has 1 aromatic carbocycles. The Balaban J connectivity index is 2.34. The summed E-state index contributed by atoms with van der Waals surface area (Å²) in [5.74, 6) is 1.03. The molecule has 4 N–H and O–H groups in total. The van der Waals surface area contributed by atoms with E-state index in [1.54, 1.807) is 19.2 Å². The summed E-state index contributed by atoms with van der Waals surface area (Å²) in [5.41, 5.74) is 7.26. The van der Waals surface area contributed by atoms with Crippen LogP contribution in [0.4, 0.5) is 5.69 Å². The van der Waals surface area contributed by atoms with Crippen LogP contribution < -0.4 is 15.4 Å². The van der Waals surface area contributed by atoms with E-state index >= 15 is 0 Å². The summed E-state index contributed by atoms with van der Waals surface area (Å²) in [6.45, 7) is 3.38. The van der Waals surface area contributed by atoms with E-state index in [9.17, 15) is 5.11 Å². The molecule has 0 spiro atoms. The fourth-order valence-corrected chi connectivity index (χ4v) is 2.57. The van der Waals surface area contributed by atoms with Gasteiger partial charge in [-0.25, -0.2) is 0 Å². The standard InChI is InChI=1S/C14H21N3O3/c1-9(18)10-5-6-17(8-10)13-7-11(20-2)3-4-12(13)14(15)16-19/h3-4,7,9-10,18-19H,5-6,8H2,1-2H3,(H2,15,16). The largest absolute Gasteiger partial charge is 0.497 e. The number of methoxy groups -OCH3 is 1. The SMILES string of the molecule is COc1ccc(/C(N)=N/O)c(N2CCC(C(C)O)C2)c1. The number of aliphatic hydroxyl groups excluding tert-OH is 1. The van der Waals surface area contributed by atoms with Gasteiger partial charge in [-0.15, -0.1) is 0 Å². The second kappa shape index (κ2) is 6.00. The Morgan fingerprint density at radius 2 is 2.30 bits per heavy atom. The lowest BCUT2D eigenvalue weighted by molar-refractivity contribution is 0.136. The van der Waals surface area contributed by atoms with Crippen LogP contribution in [0.5, 0.6) is 5.75 Å². The van der Waals surface area contributed by atoms with E-state index in [-0.39, 0.29) is 17.9 Å². The van der Waals surface area contributed by atoms with Gasteiger partial charge in [0.1, 0.15) is 5.75 Å². The van der Waals surface area contributed by atoms with Gasteiger partial charge >= 0.3 is 0 Å². The summed E-state index contributed by atoms with van der Waals surface area (Å²) in [6.07, 6.45) is 0.586. The average Bonchev–Trinajstić information content (AvgIpc) is 2.95. The van der Waals surface area contributed by atoms with Crippen molar-refractivity contribution in [3.05, 3.63) is 23.8 Å². The number of hydrogen-bond acceptors (Lipinski definition) is 5. The molecule has 6 nitrogen and oxygen atoms in total. The minimum atomic E-state index is -0.335. The Kier molecular flexibility index (Phi) is 4.34. The quantitative estimate of drug-likeness (QED) is 0.331. The smallest absolute Gasteiger partial charge is 0.172 e. The molecule has 2 rings (SSSR count). The van der Waals surface area contributed by atoms with Crippen molar-refractivity contribution in [1.82, 2.24) is 0 Å². The summed E-state index contributed by atoms with van der Waals surface area (Å²) in [6, 6.07) is 5.43. The number of rotatable bonds is 4. The van der Waals surface area contributed by atoms with Crippen LogP contribution in [-0.2, 0) is 0 Å². The normalized spacial score (nSPS) is 21.1. The van der Waals surface area contributed by atoms with Gasteiger partial charge in [0.2, 0.25) is 0 Å². The molecule has 20 heavy (non-hydrogen) atoms. The summed E-state index contributed by atoms with van der Waals surface area (Å²) in [4.78, 5) is 2.13. The van der Waals surface area contributed by atoms with Crippen molar-refractivity contribution in [1.29, 1.82) is 0 Å². The zero-order valence-corrected chi connectivity index (χ0v) is 11.8. The van der Waals surface area contributed by atoms with Crippen LogP contribution in [0.15, 0.2) is 23.4 Å². The van der Waals surface area contributed by atoms with Crippen molar-refractivity contribution in [3.8, 4) is 5.75 Å². The lowest BCUT2D eigenvalue weighted by atomic mass is 10.0. The predicted octanol–water partition coefficient (Wildman–Crippen LogP) is 0.997. The van der Waals surface area contributed by atoms with Gasteiger partial charge in [-0.1, -0.05) is 5.16 Å². The molecular weight excluding hydrogens is 258 g/mol. The first-order chi connectivity index (χ1) is 9.56. The van der Waals surface area contributed by atoms with Crippen molar-refractivity contribution in [2.45, 2.75) is 19.4 Å². The zero-order valence-electron chi connectivity index (χ0n) is 11.8. The molecule has 0 saturated carbocycles. The van der Waals surface area contributed by atoms with Crippen molar-refractivity contribution in [2.75, 3.05) is 25.1 Å². The van der Waals surface area contributed by atoms with Gasteiger partial charge in [-0.2, -0.15) is 0 Å². The first-order valence-corrected chi connectivity index (χ1v) is 6.65. The van der Waals surface area contributed by atoms with Crippen molar-refractivity contribution < 1.29 is 15.1 Å². The highest BCUT2D eigenvalue weighted by Gasteiger charge is 2.28. The van der Waals surface area contributed by atoms with Gasteiger partial charge in [0.15, 0.2) is 5.84 Å². The third-order valence-electron chi connectivity index (χ3n) is 3.84. The first-order valence-electron chi connectivity index (χ1n) is 6.65. The molecular formula is C14H21N3O3. The maximum absolute atomic E-state index is 9.70. The van der Waals surface area contributed by atoms with Crippen LogP contribution in [0.1, 0.15) is 18.9 Å². The molecule has 0 bridgehead atoms. The van der Waals surface area contributed by atoms with E-state index in [2.05, 4.69) is 10.1 Å². The highest BCUT2D eigenvalue weighted by molar-refractivity contribution is 6.02. The maximum atomic E-state index is 9.70. The lowest BCUT2D eigenvalue weighted by Crippen LogP contribution is -2.26. The van der Waals surface area contributed by atoms with Crippen LogP contribution in [0.2, 0.25) is 0 Å².